The predicted octanol–water partition coefficient (Wildman–Crippen LogP) is 3.20. The maximum atomic E-state index is 13.2. The van der Waals surface area contributed by atoms with Gasteiger partial charge in [-0.1, -0.05) is 36.4 Å². The van der Waals surface area contributed by atoms with Crippen LogP contribution in [0.3, 0.4) is 0 Å². The Labute approximate surface area is 153 Å². The van der Waals surface area contributed by atoms with Crippen LogP contribution in [0.25, 0.3) is 0 Å². The quantitative estimate of drug-likeness (QED) is 0.766. The summed E-state index contributed by atoms with van der Waals surface area (Å²) in [6.45, 7) is 1.03. The van der Waals surface area contributed by atoms with Gasteiger partial charge in [0.1, 0.15) is 0 Å². The third-order valence-corrected chi connectivity index (χ3v) is 4.74. The minimum Gasteiger partial charge on any atom is -0.292 e. The molecular formula is C19H17F3N4O. The number of nitrogens with zero attached hydrogens (tertiary/aromatic N) is 3. The van der Waals surface area contributed by atoms with E-state index in [9.17, 15) is 18.0 Å². The van der Waals surface area contributed by atoms with Gasteiger partial charge in [0.15, 0.2) is 0 Å². The van der Waals surface area contributed by atoms with Crippen molar-refractivity contribution in [2.24, 2.45) is 0 Å². The number of pyridine rings is 1. The van der Waals surface area contributed by atoms with E-state index in [1.807, 2.05) is 35.2 Å². The fourth-order valence-corrected chi connectivity index (χ4v) is 3.57. The van der Waals surface area contributed by atoms with Crippen LogP contribution >= 0.6 is 0 Å². The molecule has 1 aromatic carbocycles. The molecule has 2 aromatic heterocycles. The molecule has 1 unspecified atom stereocenters. The van der Waals surface area contributed by atoms with Gasteiger partial charge in [-0.3, -0.25) is 19.8 Å². The number of benzene rings is 1. The average molecular weight is 374 g/mol. The van der Waals surface area contributed by atoms with Crippen LogP contribution in [0.15, 0.2) is 59.5 Å². The van der Waals surface area contributed by atoms with Gasteiger partial charge in [-0.05, 0) is 17.7 Å². The number of H-pyrrole nitrogens is 1. The lowest BCUT2D eigenvalue weighted by Crippen LogP contribution is -2.39. The number of halogens is 3. The molecular weight excluding hydrogens is 357 g/mol. The number of fused-ring (bicyclic) bond motifs is 1. The first-order valence-corrected chi connectivity index (χ1v) is 8.55. The van der Waals surface area contributed by atoms with Crippen LogP contribution in [0.2, 0.25) is 0 Å². The normalized spacial score (nSPS) is 17.7. The van der Waals surface area contributed by atoms with Crippen molar-refractivity contribution < 1.29 is 13.2 Å². The van der Waals surface area contributed by atoms with Crippen molar-refractivity contribution in [2.45, 2.75) is 25.3 Å². The van der Waals surface area contributed by atoms with Crippen LogP contribution in [0.1, 0.15) is 28.6 Å². The molecule has 3 heterocycles. The molecule has 5 nitrogen and oxygen atoms in total. The smallest absolute Gasteiger partial charge is 0.292 e. The van der Waals surface area contributed by atoms with Crippen LogP contribution in [-0.4, -0.2) is 26.2 Å². The summed E-state index contributed by atoms with van der Waals surface area (Å²) in [6.07, 6.45) is -2.86. The highest BCUT2D eigenvalue weighted by Gasteiger charge is 2.40. The standard InChI is InChI=1S/C19H17F3N4O/c20-19(21,22)26-18(27)16-14(24-26)9-11-25(12-13-6-2-1-3-7-13)17(16)15-8-4-5-10-23-15/h1-8,10,17,24H,9,11-12H2. The monoisotopic (exact) mass is 374 g/mol. The summed E-state index contributed by atoms with van der Waals surface area (Å²) in [4.78, 5) is 18.9. The van der Waals surface area contributed by atoms with E-state index < -0.39 is 17.9 Å². The van der Waals surface area contributed by atoms with Crippen LogP contribution < -0.4 is 5.56 Å². The molecule has 0 saturated heterocycles. The molecule has 0 spiro atoms. The van der Waals surface area contributed by atoms with E-state index in [0.717, 1.165) is 5.56 Å². The van der Waals surface area contributed by atoms with E-state index in [0.29, 0.717) is 30.9 Å². The molecule has 1 atom stereocenters. The molecule has 140 valence electrons. The average Bonchev–Trinajstić information content (AvgIpc) is 3.00. The fraction of sp³-hybridized carbons (Fsp3) is 0.263. The van der Waals surface area contributed by atoms with Crippen LogP contribution in [0, 0.1) is 0 Å². The number of hydrogen-bond acceptors (Lipinski definition) is 3. The second-order valence-corrected chi connectivity index (χ2v) is 6.48. The fourth-order valence-electron chi connectivity index (χ4n) is 3.57. The highest BCUT2D eigenvalue weighted by molar-refractivity contribution is 5.33. The van der Waals surface area contributed by atoms with E-state index in [1.165, 1.54) is 0 Å². The molecule has 1 aliphatic heterocycles. The van der Waals surface area contributed by atoms with Gasteiger partial charge in [0.05, 0.1) is 17.3 Å². The molecule has 4 rings (SSSR count). The Hall–Kier alpha value is -2.87. The highest BCUT2D eigenvalue weighted by Crippen LogP contribution is 2.34. The summed E-state index contributed by atoms with van der Waals surface area (Å²) in [5.41, 5.74) is 0.949. The van der Waals surface area contributed by atoms with Gasteiger partial charge in [0.2, 0.25) is 0 Å². The summed E-state index contributed by atoms with van der Waals surface area (Å²) in [5, 5.41) is 2.25. The largest absolute Gasteiger partial charge is 0.505 e. The van der Waals surface area contributed by atoms with Gasteiger partial charge in [-0.2, -0.15) is 4.68 Å². The molecule has 0 radical (unpaired) electrons. The molecule has 0 fully saturated rings. The first-order valence-electron chi connectivity index (χ1n) is 8.55. The third kappa shape index (κ3) is 3.28. The highest BCUT2D eigenvalue weighted by atomic mass is 19.4. The van der Waals surface area contributed by atoms with Crippen LogP contribution in [0.5, 0.6) is 0 Å². The van der Waals surface area contributed by atoms with E-state index in [1.54, 1.807) is 24.4 Å². The van der Waals surface area contributed by atoms with Crippen molar-refractivity contribution >= 4 is 0 Å². The zero-order valence-electron chi connectivity index (χ0n) is 14.3. The first-order chi connectivity index (χ1) is 12.9. The molecule has 0 saturated carbocycles. The van der Waals surface area contributed by atoms with Crippen molar-refractivity contribution in [3.8, 4) is 0 Å². The Kier molecular flexibility index (Phi) is 4.35. The van der Waals surface area contributed by atoms with Gasteiger partial charge in [0, 0.05) is 31.4 Å². The maximum Gasteiger partial charge on any atom is 0.505 e. The van der Waals surface area contributed by atoms with E-state index in [2.05, 4.69) is 10.1 Å². The van der Waals surface area contributed by atoms with Crippen LogP contribution in [0.4, 0.5) is 13.2 Å². The Balaban J connectivity index is 1.82. The molecule has 3 aromatic rings. The Morgan fingerprint density at radius 2 is 1.85 bits per heavy atom. The Morgan fingerprint density at radius 1 is 1.11 bits per heavy atom. The van der Waals surface area contributed by atoms with E-state index in [4.69, 9.17) is 0 Å². The summed E-state index contributed by atoms with van der Waals surface area (Å²) in [6, 6.07) is 14.2. The van der Waals surface area contributed by atoms with Gasteiger partial charge in [-0.25, -0.2) is 0 Å². The third-order valence-electron chi connectivity index (χ3n) is 4.74. The molecule has 1 aliphatic rings. The van der Waals surface area contributed by atoms with E-state index >= 15 is 0 Å². The molecule has 0 bridgehead atoms. The van der Waals surface area contributed by atoms with Crippen molar-refractivity contribution in [1.29, 1.82) is 0 Å². The summed E-state index contributed by atoms with van der Waals surface area (Å²) in [5.74, 6) is 0. The number of nitrogens with one attached hydrogen (secondary N) is 1. The van der Waals surface area contributed by atoms with Gasteiger partial charge < -0.3 is 0 Å². The second-order valence-electron chi connectivity index (χ2n) is 6.48. The van der Waals surface area contributed by atoms with E-state index in [-0.39, 0.29) is 10.2 Å². The van der Waals surface area contributed by atoms with Crippen molar-refractivity contribution in [3.63, 3.8) is 0 Å². The van der Waals surface area contributed by atoms with Crippen molar-refractivity contribution in [2.75, 3.05) is 6.54 Å². The number of alkyl halides is 3. The predicted molar refractivity (Wildman–Crippen MR) is 93.0 cm³/mol. The Morgan fingerprint density at radius 3 is 2.52 bits per heavy atom. The minimum atomic E-state index is -4.78. The number of aromatic amines is 1. The molecule has 27 heavy (non-hydrogen) atoms. The minimum absolute atomic E-state index is 0.119. The van der Waals surface area contributed by atoms with Crippen molar-refractivity contribution in [1.82, 2.24) is 19.7 Å². The number of aromatic nitrogens is 3. The summed E-state index contributed by atoms with van der Waals surface area (Å²) < 4.78 is 39.4. The molecule has 0 amide bonds. The summed E-state index contributed by atoms with van der Waals surface area (Å²) in [7, 11) is 0. The van der Waals surface area contributed by atoms with Crippen molar-refractivity contribution in [3.05, 3.63) is 87.6 Å². The Bertz CT molecular complexity index is 980. The zero-order valence-corrected chi connectivity index (χ0v) is 14.3. The lowest BCUT2D eigenvalue weighted by molar-refractivity contribution is -0.214. The first kappa shape index (κ1) is 17.5. The lowest BCUT2D eigenvalue weighted by atomic mass is 9.95. The van der Waals surface area contributed by atoms with Gasteiger partial charge in [-0.15, -0.1) is 13.2 Å². The molecule has 8 heteroatoms. The number of hydrogen-bond donors (Lipinski definition) is 1. The van der Waals surface area contributed by atoms with Crippen LogP contribution in [-0.2, 0) is 19.3 Å². The molecule has 1 N–H and O–H groups in total. The topological polar surface area (TPSA) is 53.9 Å². The maximum absolute atomic E-state index is 13.2. The van der Waals surface area contributed by atoms with Gasteiger partial charge in [0.25, 0.3) is 5.56 Å². The lowest BCUT2D eigenvalue weighted by Gasteiger charge is -2.34. The number of rotatable bonds is 3. The molecule has 0 aliphatic carbocycles. The summed E-state index contributed by atoms with van der Waals surface area (Å²) >= 11 is 0. The second kappa shape index (κ2) is 6.70. The SMILES string of the molecule is O=c1c2c([nH]n1C(F)(F)F)CCN(Cc1ccccc1)C2c1ccccn1. The zero-order chi connectivity index (χ0) is 19.0. The van der Waals surface area contributed by atoms with Gasteiger partial charge >= 0.3 is 6.30 Å².